The first-order chi connectivity index (χ1) is 6.16. The van der Waals surface area contributed by atoms with Gasteiger partial charge in [-0.25, -0.2) is 0 Å². The maximum atomic E-state index is 11.8. The molecule has 0 unspecified atom stereocenters. The van der Waals surface area contributed by atoms with E-state index in [1.165, 1.54) is 19.3 Å². The predicted octanol–water partition coefficient (Wildman–Crippen LogP) is 1.55. The van der Waals surface area contributed by atoms with E-state index in [9.17, 15) is 4.79 Å². The van der Waals surface area contributed by atoms with Gasteiger partial charge in [-0.05, 0) is 45.2 Å². The fourth-order valence-corrected chi connectivity index (χ4v) is 3.01. The zero-order valence-electron chi connectivity index (χ0n) is 8.62. The molecule has 2 nitrogen and oxygen atoms in total. The van der Waals surface area contributed by atoms with E-state index in [1.807, 2.05) is 0 Å². The lowest BCUT2D eigenvalue weighted by molar-refractivity contribution is -0.127. The molecule has 0 aromatic rings. The van der Waals surface area contributed by atoms with E-state index < -0.39 is 0 Å². The number of Topliss-reactive ketones (excluding diaryl/α,β-unsaturated/α-hetero) is 1. The highest BCUT2D eigenvalue weighted by Crippen LogP contribution is 2.43. The summed E-state index contributed by atoms with van der Waals surface area (Å²) >= 11 is 0. The Hall–Kier alpha value is -0.370. The summed E-state index contributed by atoms with van der Waals surface area (Å²) in [5.74, 6) is 2.35. The Labute approximate surface area is 80.3 Å². The Bertz CT molecular complexity index is 212. The minimum atomic E-state index is 0.355. The van der Waals surface area contributed by atoms with Crippen LogP contribution >= 0.6 is 0 Å². The number of hydrogen-bond donors (Lipinski definition) is 0. The summed E-state index contributed by atoms with van der Waals surface area (Å²) in [5, 5.41) is 0. The van der Waals surface area contributed by atoms with Crippen LogP contribution in [0.15, 0.2) is 0 Å². The molecule has 13 heavy (non-hydrogen) atoms. The van der Waals surface area contributed by atoms with Crippen molar-refractivity contribution in [3.63, 3.8) is 0 Å². The van der Waals surface area contributed by atoms with Gasteiger partial charge in [-0.1, -0.05) is 0 Å². The van der Waals surface area contributed by atoms with E-state index in [0.29, 0.717) is 17.6 Å². The van der Waals surface area contributed by atoms with E-state index >= 15 is 0 Å². The second kappa shape index (κ2) is 3.41. The molecular formula is C11H19NO. The molecule has 74 valence electrons. The highest BCUT2D eigenvalue weighted by Gasteiger charge is 2.40. The smallest absolute Gasteiger partial charge is 0.137 e. The second-order valence-electron chi connectivity index (χ2n) is 4.98. The number of carbonyl (C=O) groups is 1. The largest absolute Gasteiger partial charge is 0.309 e. The molecule has 3 atom stereocenters. The van der Waals surface area contributed by atoms with Crippen LogP contribution < -0.4 is 0 Å². The summed E-state index contributed by atoms with van der Waals surface area (Å²) in [7, 11) is 4.13. The van der Waals surface area contributed by atoms with Crippen LogP contribution in [0.4, 0.5) is 0 Å². The Kier molecular flexibility index (Phi) is 2.41. The number of nitrogens with zero attached hydrogens (tertiary/aromatic N) is 1. The average molecular weight is 181 g/mol. The van der Waals surface area contributed by atoms with E-state index in [2.05, 4.69) is 19.0 Å². The standard InChI is InChI=1S/C11H19NO/c1-12(2)7-10-9-4-3-8(5-9)6-11(10)13/h8-10H,3-7H2,1-2H3/t8-,9+,10-/m0/s1. The highest BCUT2D eigenvalue weighted by molar-refractivity contribution is 5.82. The predicted molar refractivity (Wildman–Crippen MR) is 52.5 cm³/mol. The van der Waals surface area contributed by atoms with Crippen LogP contribution in [0.5, 0.6) is 0 Å². The van der Waals surface area contributed by atoms with Crippen molar-refractivity contribution < 1.29 is 4.79 Å². The molecule has 0 radical (unpaired) electrons. The zero-order chi connectivity index (χ0) is 9.42. The third kappa shape index (κ3) is 1.78. The Morgan fingerprint density at radius 2 is 2.15 bits per heavy atom. The molecule has 2 heteroatoms. The lowest BCUT2D eigenvalue weighted by Gasteiger charge is -2.29. The summed E-state index contributed by atoms with van der Waals surface area (Å²) in [6.45, 7) is 0.968. The third-order valence-electron chi connectivity index (χ3n) is 3.62. The van der Waals surface area contributed by atoms with Gasteiger partial charge in [-0.2, -0.15) is 0 Å². The van der Waals surface area contributed by atoms with Crippen molar-refractivity contribution in [1.82, 2.24) is 4.90 Å². The number of ketones is 1. The molecule has 0 N–H and O–H groups in total. The van der Waals surface area contributed by atoms with Crippen LogP contribution in [0.2, 0.25) is 0 Å². The fraction of sp³-hybridized carbons (Fsp3) is 0.909. The average Bonchev–Trinajstić information content (AvgIpc) is 2.42. The van der Waals surface area contributed by atoms with Gasteiger partial charge in [-0.3, -0.25) is 4.79 Å². The molecule has 0 spiro atoms. The van der Waals surface area contributed by atoms with Gasteiger partial charge in [-0.15, -0.1) is 0 Å². The molecule has 2 aliphatic rings. The third-order valence-corrected chi connectivity index (χ3v) is 3.62. The maximum absolute atomic E-state index is 11.8. The summed E-state index contributed by atoms with van der Waals surface area (Å²) in [5.41, 5.74) is 0. The second-order valence-corrected chi connectivity index (χ2v) is 4.98. The molecule has 2 fully saturated rings. The molecule has 2 bridgehead atoms. The fourth-order valence-electron chi connectivity index (χ4n) is 3.01. The van der Waals surface area contributed by atoms with Crippen LogP contribution in [0.25, 0.3) is 0 Å². The summed E-state index contributed by atoms with van der Waals surface area (Å²) in [4.78, 5) is 13.9. The van der Waals surface area contributed by atoms with Crippen molar-refractivity contribution in [3.8, 4) is 0 Å². The van der Waals surface area contributed by atoms with Gasteiger partial charge >= 0.3 is 0 Å². The van der Waals surface area contributed by atoms with Gasteiger partial charge in [0.1, 0.15) is 5.78 Å². The van der Waals surface area contributed by atoms with Crippen LogP contribution in [0.3, 0.4) is 0 Å². The Morgan fingerprint density at radius 1 is 1.38 bits per heavy atom. The number of carbonyl (C=O) groups excluding carboxylic acids is 1. The van der Waals surface area contributed by atoms with E-state index in [4.69, 9.17) is 0 Å². The van der Waals surface area contributed by atoms with Crippen LogP contribution in [0, 0.1) is 17.8 Å². The van der Waals surface area contributed by atoms with Crippen molar-refractivity contribution >= 4 is 5.78 Å². The van der Waals surface area contributed by atoms with Crippen molar-refractivity contribution in [2.24, 2.45) is 17.8 Å². The van der Waals surface area contributed by atoms with E-state index in [0.717, 1.165) is 18.9 Å². The van der Waals surface area contributed by atoms with Crippen LogP contribution in [-0.4, -0.2) is 31.3 Å². The molecule has 0 aromatic heterocycles. The van der Waals surface area contributed by atoms with Crippen molar-refractivity contribution in [2.75, 3.05) is 20.6 Å². The van der Waals surface area contributed by atoms with Crippen molar-refractivity contribution in [1.29, 1.82) is 0 Å². The van der Waals surface area contributed by atoms with E-state index in [-0.39, 0.29) is 0 Å². The van der Waals surface area contributed by atoms with Crippen LogP contribution in [0.1, 0.15) is 25.7 Å². The normalized spacial score (nSPS) is 38.7. The zero-order valence-corrected chi connectivity index (χ0v) is 8.62. The quantitative estimate of drug-likeness (QED) is 0.644. The first kappa shape index (κ1) is 9.20. The summed E-state index contributed by atoms with van der Waals surface area (Å²) < 4.78 is 0. The summed E-state index contributed by atoms with van der Waals surface area (Å²) in [6.07, 6.45) is 4.80. The molecule has 2 aliphatic carbocycles. The Morgan fingerprint density at radius 3 is 2.85 bits per heavy atom. The van der Waals surface area contributed by atoms with Gasteiger partial charge < -0.3 is 4.90 Å². The van der Waals surface area contributed by atoms with Gasteiger partial charge in [0.15, 0.2) is 0 Å². The van der Waals surface area contributed by atoms with Gasteiger partial charge in [0, 0.05) is 18.9 Å². The maximum Gasteiger partial charge on any atom is 0.137 e. The SMILES string of the molecule is CN(C)C[C@@H]1C(=O)C[C@H]2CC[C@@H]1C2. The molecule has 2 rings (SSSR count). The van der Waals surface area contributed by atoms with E-state index in [1.54, 1.807) is 0 Å². The minimum Gasteiger partial charge on any atom is -0.309 e. The van der Waals surface area contributed by atoms with Gasteiger partial charge in [0.2, 0.25) is 0 Å². The molecule has 0 amide bonds. The first-order valence-corrected chi connectivity index (χ1v) is 5.34. The van der Waals surface area contributed by atoms with Gasteiger partial charge in [0.25, 0.3) is 0 Å². The lowest BCUT2D eigenvalue weighted by atomic mass is 9.79. The molecule has 0 aliphatic heterocycles. The number of fused-ring (bicyclic) bond motifs is 2. The summed E-state index contributed by atoms with van der Waals surface area (Å²) in [6, 6.07) is 0. The van der Waals surface area contributed by atoms with Crippen molar-refractivity contribution in [2.45, 2.75) is 25.7 Å². The monoisotopic (exact) mass is 181 g/mol. The number of rotatable bonds is 2. The van der Waals surface area contributed by atoms with Crippen molar-refractivity contribution in [3.05, 3.63) is 0 Å². The number of hydrogen-bond acceptors (Lipinski definition) is 2. The molecule has 2 saturated carbocycles. The van der Waals surface area contributed by atoms with Crippen LogP contribution in [-0.2, 0) is 4.79 Å². The molecular weight excluding hydrogens is 162 g/mol. The molecule has 0 aromatic carbocycles. The topological polar surface area (TPSA) is 20.3 Å². The lowest BCUT2D eigenvalue weighted by Crippen LogP contribution is -2.35. The first-order valence-electron chi connectivity index (χ1n) is 5.34. The van der Waals surface area contributed by atoms with Gasteiger partial charge in [0.05, 0.1) is 0 Å². The minimum absolute atomic E-state index is 0.355. The molecule has 0 heterocycles. The Balaban J connectivity index is 2.03. The highest BCUT2D eigenvalue weighted by atomic mass is 16.1. The molecule has 0 saturated heterocycles.